The molecule has 7 nitrogen and oxygen atoms in total. The maximum absolute atomic E-state index is 13.2. The molecule has 1 saturated heterocycles. The summed E-state index contributed by atoms with van der Waals surface area (Å²) in [6, 6.07) is 8.16. The van der Waals surface area contributed by atoms with Crippen LogP contribution < -0.4 is 11.1 Å². The maximum atomic E-state index is 13.2. The van der Waals surface area contributed by atoms with Crippen LogP contribution in [0, 0.1) is 5.92 Å². The van der Waals surface area contributed by atoms with E-state index >= 15 is 0 Å². The first kappa shape index (κ1) is 24.4. The van der Waals surface area contributed by atoms with E-state index in [4.69, 9.17) is 5.73 Å². The highest BCUT2D eigenvalue weighted by Gasteiger charge is 2.47. The molecule has 1 heterocycles. The van der Waals surface area contributed by atoms with Crippen LogP contribution in [-0.2, 0) is 9.59 Å². The predicted molar refractivity (Wildman–Crippen MR) is 112 cm³/mol. The van der Waals surface area contributed by atoms with Gasteiger partial charge in [-0.05, 0) is 30.7 Å². The second kappa shape index (κ2) is 10.3. The number of halogens is 1. The maximum Gasteiger partial charge on any atom is 0.475 e. The van der Waals surface area contributed by atoms with Gasteiger partial charge in [-0.15, -0.1) is 12.4 Å². The molecule has 2 unspecified atom stereocenters. The Morgan fingerprint density at radius 1 is 1.32 bits per heavy atom. The number of nitrogens with one attached hydrogen (secondary N) is 1. The van der Waals surface area contributed by atoms with Crippen LogP contribution >= 0.6 is 12.4 Å². The van der Waals surface area contributed by atoms with Crippen LogP contribution in [0.4, 0.5) is 0 Å². The monoisotopic (exact) mass is 411 g/mol. The second-order valence-corrected chi connectivity index (χ2v) is 7.55. The molecule has 1 aromatic carbocycles. The number of nitrogens with two attached hydrogens (primary N) is 1. The molecular weight excluding hydrogens is 380 g/mol. The third kappa shape index (κ3) is 5.05. The highest BCUT2D eigenvalue weighted by molar-refractivity contribution is 6.43. The summed E-state index contributed by atoms with van der Waals surface area (Å²) >= 11 is 0. The lowest BCUT2D eigenvalue weighted by Gasteiger charge is -2.44. The minimum absolute atomic E-state index is 0. The first-order valence-electron chi connectivity index (χ1n) is 9.53. The van der Waals surface area contributed by atoms with Crippen molar-refractivity contribution in [2.75, 3.05) is 6.54 Å². The molecule has 0 radical (unpaired) electrons. The number of piperidine rings is 1. The highest BCUT2D eigenvalue weighted by Crippen LogP contribution is 2.33. The number of benzene rings is 1. The first-order chi connectivity index (χ1) is 12.7. The van der Waals surface area contributed by atoms with Crippen LogP contribution in [0.1, 0.15) is 51.6 Å². The molecule has 5 N–H and O–H groups in total. The van der Waals surface area contributed by atoms with E-state index in [9.17, 15) is 19.6 Å². The second-order valence-electron chi connectivity index (χ2n) is 7.55. The third-order valence-electron chi connectivity index (χ3n) is 5.48. The molecule has 1 aliphatic heterocycles. The fourth-order valence-corrected chi connectivity index (χ4v) is 3.56. The summed E-state index contributed by atoms with van der Waals surface area (Å²) in [5, 5.41) is 21.6. The smallest absolute Gasteiger partial charge is 0.426 e. The average molecular weight is 412 g/mol. The number of likely N-dealkylation sites (tertiary alicyclic amines) is 1. The molecule has 1 aromatic rings. The number of amides is 2. The Labute approximate surface area is 173 Å². The van der Waals surface area contributed by atoms with Gasteiger partial charge in [-0.1, -0.05) is 51.1 Å². The van der Waals surface area contributed by atoms with Crippen molar-refractivity contribution in [1.82, 2.24) is 10.2 Å². The van der Waals surface area contributed by atoms with Gasteiger partial charge in [0.25, 0.3) is 0 Å². The molecule has 3 atom stereocenters. The highest BCUT2D eigenvalue weighted by atomic mass is 35.5. The Balaban J connectivity index is 0.00000392. The van der Waals surface area contributed by atoms with Crippen molar-refractivity contribution >= 4 is 31.3 Å². The molecule has 0 spiro atoms. The van der Waals surface area contributed by atoms with Crippen molar-refractivity contribution in [3.63, 3.8) is 0 Å². The summed E-state index contributed by atoms with van der Waals surface area (Å²) in [4.78, 5) is 27.8. The van der Waals surface area contributed by atoms with Crippen LogP contribution in [0.2, 0.25) is 0 Å². The molecule has 2 amide bonds. The van der Waals surface area contributed by atoms with Gasteiger partial charge in [0, 0.05) is 6.54 Å². The Bertz CT molecular complexity index is 662. The molecule has 9 heteroatoms. The number of carbonyl (C=O) groups excluding carboxylic acids is 2. The number of hydrogen-bond acceptors (Lipinski definition) is 5. The SMILES string of the molecule is CCC(NC(=O)[C@H](c1ccccc1)N1CCCC(N)(C(C)C)C1=O)B(O)O.Cl. The van der Waals surface area contributed by atoms with Gasteiger partial charge in [-0.2, -0.15) is 0 Å². The van der Waals surface area contributed by atoms with Gasteiger partial charge in [0.05, 0.1) is 11.5 Å². The Morgan fingerprint density at radius 3 is 2.43 bits per heavy atom. The zero-order chi connectivity index (χ0) is 20.2. The van der Waals surface area contributed by atoms with Gasteiger partial charge < -0.3 is 26.0 Å². The third-order valence-corrected chi connectivity index (χ3v) is 5.48. The van der Waals surface area contributed by atoms with E-state index in [0.717, 1.165) is 0 Å². The van der Waals surface area contributed by atoms with E-state index in [-0.39, 0.29) is 24.2 Å². The van der Waals surface area contributed by atoms with Crippen LogP contribution in [0.15, 0.2) is 30.3 Å². The lowest BCUT2D eigenvalue weighted by atomic mass is 9.77. The number of rotatable bonds is 7. The Kier molecular flexibility index (Phi) is 8.95. The molecule has 156 valence electrons. The van der Waals surface area contributed by atoms with E-state index in [2.05, 4.69) is 5.32 Å². The minimum atomic E-state index is -1.67. The van der Waals surface area contributed by atoms with Gasteiger partial charge in [0.1, 0.15) is 6.04 Å². The lowest BCUT2D eigenvalue weighted by molar-refractivity contribution is -0.150. The van der Waals surface area contributed by atoms with Crippen molar-refractivity contribution in [2.24, 2.45) is 11.7 Å². The van der Waals surface area contributed by atoms with Crippen molar-refractivity contribution in [3.8, 4) is 0 Å². The summed E-state index contributed by atoms with van der Waals surface area (Å²) in [5.41, 5.74) is 6.08. The average Bonchev–Trinajstić information content (AvgIpc) is 2.64. The molecule has 0 saturated carbocycles. The number of nitrogens with zero attached hydrogens (tertiary/aromatic N) is 1. The van der Waals surface area contributed by atoms with Gasteiger partial charge in [-0.25, -0.2) is 0 Å². The summed E-state index contributed by atoms with van der Waals surface area (Å²) in [6.07, 6.45) is 1.64. The normalized spacial score (nSPS) is 21.7. The van der Waals surface area contributed by atoms with E-state index < -0.39 is 30.5 Å². The molecular formula is C19H31BClN3O4. The first-order valence-corrected chi connectivity index (χ1v) is 9.53. The van der Waals surface area contributed by atoms with E-state index in [0.29, 0.717) is 31.4 Å². The molecule has 2 rings (SSSR count). The topological polar surface area (TPSA) is 116 Å². The zero-order valence-corrected chi connectivity index (χ0v) is 17.5. The van der Waals surface area contributed by atoms with Crippen molar-refractivity contribution in [2.45, 2.75) is 57.6 Å². The quantitative estimate of drug-likeness (QED) is 0.500. The van der Waals surface area contributed by atoms with Crippen LogP contribution in [0.25, 0.3) is 0 Å². The van der Waals surface area contributed by atoms with Crippen molar-refractivity contribution in [1.29, 1.82) is 0 Å². The minimum Gasteiger partial charge on any atom is -0.426 e. The fraction of sp³-hybridized carbons (Fsp3) is 0.579. The molecule has 1 aliphatic rings. The molecule has 0 bridgehead atoms. The van der Waals surface area contributed by atoms with Gasteiger partial charge >= 0.3 is 7.12 Å². The van der Waals surface area contributed by atoms with Gasteiger partial charge in [0.15, 0.2) is 0 Å². The van der Waals surface area contributed by atoms with E-state index in [1.54, 1.807) is 31.2 Å². The molecule has 1 fully saturated rings. The van der Waals surface area contributed by atoms with E-state index in [1.165, 1.54) is 4.90 Å². The summed E-state index contributed by atoms with van der Waals surface area (Å²) in [5.74, 6) is -1.56. The predicted octanol–water partition coefficient (Wildman–Crippen LogP) is 1.03. The standard InChI is InChI=1S/C19H30BN3O4.ClH/c1-4-15(20(26)27)22-17(24)16(14-9-6-5-7-10-14)23-12-8-11-19(21,13(2)3)18(23)25;/h5-7,9-10,13,15-16,26-27H,4,8,11-12,21H2,1-3H3,(H,22,24);1H/t15?,16-,19?;/m0./s1. The largest absolute Gasteiger partial charge is 0.475 e. The lowest BCUT2D eigenvalue weighted by Crippen LogP contribution is -2.64. The molecule has 0 aliphatic carbocycles. The van der Waals surface area contributed by atoms with Crippen LogP contribution in [-0.4, -0.2) is 51.9 Å². The van der Waals surface area contributed by atoms with Gasteiger partial charge in [-0.3, -0.25) is 9.59 Å². The number of hydrogen-bond donors (Lipinski definition) is 4. The van der Waals surface area contributed by atoms with Crippen molar-refractivity contribution < 1.29 is 19.6 Å². The molecule has 0 aromatic heterocycles. The Morgan fingerprint density at radius 2 is 1.93 bits per heavy atom. The van der Waals surface area contributed by atoms with Crippen LogP contribution in [0.3, 0.4) is 0 Å². The number of carbonyl (C=O) groups is 2. The Hall–Kier alpha value is -1.61. The van der Waals surface area contributed by atoms with E-state index in [1.807, 2.05) is 19.9 Å². The van der Waals surface area contributed by atoms with Crippen LogP contribution in [0.5, 0.6) is 0 Å². The summed E-state index contributed by atoms with van der Waals surface area (Å²) < 4.78 is 0. The summed E-state index contributed by atoms with van der Waals surface area (Å²) in [7, 11) is -1.67. The van der Waals surface area contributed by atoms with Gasteiger partial charge in [0.2, 0.25) is 11.8 Å². The van der Waals surface area contributed by atoms with Crippen molar-refractivity contribution in [3.05, 3.63) is 35.9 Å². The zero-order valence-electron chi connectivity index (χ0n) is 16.7. The fourth-order valence-electron chi connectivity index (χ4n) is 3.56. The molecule has 28 heavy (non-hydrogen) atoms. The summed E-state index contributed by atoms with van der Waals surface area (Å²) in [6.45, 7) is 6.00.